The van der Waals surface area contributed by atoms with Crippen LogP contribution < -0.4 is 10.1 Å². The molecule has 0 saturated heterocycles. The molecule has 2 aromatic rings. The van der Waals surface area contributed by atoms with Crippen LogP contribution >= 0.6 is 0 Å². The number of hydrogen-bond acceptors (Lipinski definition) is 5. The zero-order valence-corrected chi connectivity index (χ0v) is 18.7. The molecule has 0 spiro atoms. The van der Waals surface area contributed by atoms with Gasteiger partial charge in [-0.3, -0.25) is 14.5 Å². The van der Waals surface area contributed by atoms with Crippen LogP contribution in [-0.2, 0) is 14.3 Å². The molecule has 0 bridgehead atoms. The number of benzene rings is 2. The van der Waals surface area contributed by atoms with Crippen molar-refractivity contribution >= 4 is 23.1 Å². The van der Waals surface area contributed by atoms with Crippen LogP contribution in [0.3, 0.4) is 0 Å². The minimum atomic E-state index is -0.325. The van der Waals surface area contributed by atoms with E-state index in [2.05, 4.69) is 5.32 Å². The lowest BCUT2D eigenvalue weighted by molar-refractivity contribution is -0.136. The SMILES string of the molecule is CCCOc1cccc(NC2=C(c3ccc(C)c(C)c3)C(=O)N(CCCOC)C2=O)c1. The Morgan fingerprint density at radius 2 is 1.77 bits per heavy atom. The number of anilines is 1. The molecule has 0 atom stereocenters. The van der Waals surface area contributed by atoms with Crippen LogP contribution in [0.1, 0.15) is 36.5 Å². The van der Waals surface area contributed by atoms with Crippen LogP contribution in [0.15, 0.2) is 48.2 Å². The van der Waals surface area contributed by atoms with Crippen molar-refractivity contribution in [1.29, 1.82) is 0 Å². The molecule has 0 aromatic heterocycles. The molecule has 0 fully saturated rings. The van der Waals surface area contributed by atoms with Gasteiger partial charge in [-0.2, -0.15) is 0 Å². The zero-order chi connectivity index (χ0) is 22.4. The average Bonchev–Trinajstić information content (AvgIpc) is 2.99. The van der Waals surface area contributed by atoms with Gasteiger partial charge in [-0.1, -0.05) is 31.2 Å². The summed E-state index contributed by atoms with van der Waals surface area (Å²) >= 11 is 0. The Morgan fingerprint density at radius 1 is 0.968 bits per heavy atom. The summed E-state index contributed by atoms with van der Waals surface area (Å²) in [6.45, 7) is 7.47. The molecule has 0 unspecified atom stereocenters. The third kappa shape index (κ3) is 5.14. The molecule has 0 aliphatic carbocycles. The van der Waals surface area contributed by atoms with Gasteiger partial charge in [0.25, 0.3) is 11.8 Å². The zero-order valence-electron chi connectivity index (χ0n) is 18.7. The summed E-state index contributed by atoms with van der Waals surface area (Å²) < 4.78 is 10.8. The van der Waals surface area contributed by atoms with Crippen molar-refractivity contribution < 1.29 is 19.1 Å². The highest BCUT2D eigenvalue weighted by molar-refractivity contribution is 6.36. The number of nitrogens with zero attached hydrogens (tertiary/aromatic N) is 1. The van der Waals surface area contributed by atoms with Crippen LogP contribution in [0.25, 0.3) is 5.57 Å². The number of hydrogen-bond donors (Lipinski definition) is 1. The van der Waals surface area contributed by atoms with E-state index in [1.165, 1.54) is 4.90 Å². The van der Waals surface area contributed by atoms with E-state index < -0.39 is 0 Å². The van der Waals surface area contributed by atoms with Crippen molar-refractivity contribution in [2.45, 2.75) is 33.6 Å². The van der Waals surface area contributed by atoms with Crippen LogP contribution in [0.4, 0.5) is 5.69 Å². The van der Waals surface area contributed by atoms with Crippen molar-refractivity contribution in [3.05, 3.63) is 64.9 Å². The molecule has 1 heterocycles. The number of imide groups is 1. The first-order chi connectivity index (χ1) is 15.0. The van der Waals surface area contributed by atoms with E-state index in [1.807, 2.05) is 63.2 Å². The van der Waals surface area contributed by atoms with Crippen molar-refractivity contribution in [2.75, 3.05) is 32.2 Å². The van der Waals surface area contributed by atoms with Crippen molar-refractivity contribution in [2.24, 2.45) is 0 Å². The Morgan fingerprint density at radius 3 is 2.48 bits per heavy atom. The molecule has 1 aliphatic rings. The largest absolute Gasteiger partial charge is 0.494 e. The second-order valence-corrected chi connectivity index (χ2v) is 7.66. The Balaban J connectivity index is 1.98. The van der Waals surface area contributed by atoms with Gasteiger partial charge in [-0.25, -0.2) is 0 Å². The summed E-state index contributed by atoms with van der Waals surface area (Å²) in [7, 11) is 1.60. The number of carbonyl (C=O) groups is 2. The molecule has 0 radical (unpaired) electrons. The topological polar surface area (TPSA) is 67.9 Å². The fourth-order valence-electron chi connectivity index (χ4n) is 3.45. The third-order valence-corrected chi connectivity index (χ3v) is 5.27. The lowest BCUT2D eigenvalue weighted by Gasteiger charge is -2.15. The Bertz CT molecular complexity index is 997. The summed E-state index contributed by atoms with van der Waals surface area (Å²) in [5, 5.41) is 3.20. The van der Waals surface area contributed by atoms with Gasteiger partial charge in [0.2, 0.25) is 0 Å². The Hall–Kier alpha value is -3.12. The van der Waals surface area contributed by atoms with E-state index in [9.17, 15) is 9.59 Å². The van der Waals surface area contributed by atoms with E-state index in [-0.39, 0.29) is 11.8 Å². The third-order valence-electron chi connectivity index (χ3n) is 5.27. The smallest absolute Gasteiger partial charge is 0.278 e. The van der Waals surface area contributed by atoms with Crippen LogP contribution in [0.2, 0.25) is 0 Å². The van der Waals surface area contributed by atoms with E-state index in [0.717, 1.165) is 23.1 Å². The fraction of sp³-hybridized carbons (Fsp3) is 0.360. The van der Waals surface area contributed by atoms with Gasteiger partial charge in [0.15, 0.2) is 0 Å². The minimum Gasteiger partial charge on any atom is -0.494 e. The van der Waals surface area contributed by atoms with Crippen LogP contribution in [0, 0.1) is 13.8 Å². The van der Waals surface area contributed by atoms with Gasteiger partial charge in [0, 0.05) is 32.0 Å². The number of carbonyl (C=O) groups excluding carboxylic acids is 2. The number of nitrogens with one attached hydrogen (secondary N) is 1. The highest BCUT2D eigenvalue weighted by atomic mass is 16.5. The maximum atomic E-state index is 13.3. The van der Waals surface area contributed by atoms with Crippen molar-refractivity contribution in [1.82, 2.24) is 4.90 Å². The molecule has 2 aromatic carbocycles. The average molecular weight is 423 g/mol. The maximum Gasteiger partial charge on any atom is 0.278 e. The normalized spacial score (nSPS) is 13.9. The molecule has 6 nitrogen and oxygen atoms in total. The Labute approximate surface area is 183 Å². The van der Waals surface area contributed by atoms with E-state index in [4.69, 9.17) is 9.47 Å². The lowest BCUT2D eigenvalue weighted by atomic mass is 9.99. The molecular weight excluding hydrogens is 392 g/mol. The molecule has 31 heavy (non-hydrogen) atoms. The minimum absolute atomic E-state index is 0.287. The molecule has 0 saturated carbocycles. The first-order valence-electron chi connectivity index (χ1n) is 10.6. The summed E-state index contributed by atoms with van der Waals surface area (Å²) in [5.74, 6) is 0.105. The van der Waals surface area contributed by atoms with Crippen molar-refractivity contribution in [3.8, 4) is 5.75 Å². The van der Waals surface area contributed by atoms with Gasteiger partial charge in [-0.05, 0) is 55.5 Å². The number of amides is 2. The summed E-state index contributed by atoms with van der Waals surface area (Å²) in [4.78, 5) is 27.8. The molecule has 6 heteroatoms. The fourth-order valence-corrected chi connectivity index (χ4v) is 3.45. The van der Waals surface area contributed by atoms with Gasteiger partial charge < -0.3 is 14.8 Å². The molecule has 1 aliphatic heterocycles. The summed E-state index contributed by atoms with van der Waals surface area (Å²) in [6, 6.07) is 13.3. The summed E-state index contributed by atoms with van der Waals surface area (Å²) in [6.07, 6.45) is 1.49. The van der Waals surface area contributed by atoms with Gasteiger partial charge in [0.05, 0.1) is 12.2 Å². The predicted octanol–water partition coefficient (Wildman–Crippen LogP) is 4.32. The quantitative estimate of drug-likeness (QED) is 0.456. The van der Waals surface area contributed by atoms with E-state index in [0.29, 0.717) is 48.9 Å². The number of aryl methyl sites for hydroxylation is 2. The van der Waals surface area contributed by atoms with Gasteiger partial charge >= 0.3 is 0 Å². The number of ether oxygens (including phenoxy) is 2. The van der Waals surface area contributed by atoms with E-state index in [1.54, 1.807) is 7.11 Å². The van der Waals surface area contributed by atoms with Crippen molar-refractivity contribution in [3.63, 3.8) is 0 Å². The second-order valence-electron chi connectivity index (χ2n) is 7.66. The summed E-state index contributed by atoms with van der Waals surface area (Å²) in [5.41, 5.74) is 4.32. The maximum absolute atomic E-state index is 13.3. The molecule has 2 amide bonds. The number of methoxy groups -OCH3 is 1. The van der Waals surface area contributed by atoms with Gasteiger partial charge in [0.1, 0.15) is 11.4 Å². The first-order valence-corrected chi connectivity index (χ1v) is 10.6. The highest BCUT2D eigenvalue weighted by Crippen LogP contribution is 2.32. The van der Waals surface area contributed by atoms with E-state index >= 15 is 0 Å². The molecule has 3 rings (SSSR count). The monoisotopic (exact) mass is 422 g/mol. The first kappa shape index (κ1) is 22.6. The molecule has 1 N–H and O–H groups in total. The lowest BCUT2D eigenvalue weighted by Crippen LogP contribution is -2.33. The Kier molecular flexibility index (Phi) is 7.47. The highest BCUT2D eigenvalue weighted by Gasteiger charge is 2.39. The molecular formula is C25H30N2O4. The second kappa shape index (κ2) is 10.3. The van der Waals surface area contributed by atoms with Gasteiger partial charge in [-0.15, -0.1) is 0 Å². The van der Waals surface area contributed by atoms with Crippen LogP contribution in [-0.4, -0.2) is 43.6 Å². The predicted molar refractivity (Wildman–Crippen MR) is 122 cm³/mol. The number of rotatable bonds is 10. The molecule has 164 valence electrons. The standard InChI is InChI=1S/C25H30N2O4/c1-5-13-31-21-9-6-8-20(16-21)26-23-22(19-11-10-17(2)18(3)15-19)24(28)27(25(23)29)12-7-14-30-4/h6,8-11,15-16,26H,5,7,12-14H2,1-4H3. The van der Waals surface area contributed by atoms with Crippen LogP contribution in [0.5, 0.6) is 5.75 Å².